The Kier molecular flexibility index (Phi) is 2.24. The van der Waals surface area contributed by atoms with Crippen LogP contribution >= 0.6 is 0 Å². The first-order chi connectivity index (χ1) is 7.69. The van der Waals surface area contributed by atoms with E-state index < -0.39 is 0 Å². The molecular weight excluding hydrogens is 194 g/mol. The monoisotopic (exact) mass is 215 g/mol. The van der Waals surface area contributed by atoms with E-state index in [0.29, 0.717) is 17.4 Å². The van der Waals surface area contributed by atoms with Crippen LogP contribution in [0.5, 0.6) is 0 Å². The Morgan fingerprint density at radius 3 is 2.94 bits per heavy atom. The molecule has 3 aliphatic rings. The van der Waals surface area contributed by atoms with Crippen LogP contribution < -0.4 is 5.32 Å². The van der Waals surface area contributed by atoms with Crippen LogP contribution in [0.25, 0.3) is 0 Å². The molecule has 1 heteroatoms. The van der Waals surface area contributed by atoms with E-state index in [1.54, 1.807) is 0 Å². The summed E-state index contributed by atoms with van der Waals surface area (Å²) in [6.45, 7) is 4.89. The lowest BCUT2D eigenvalue weighted by Crippen LogP contribution is -2.53. The molecule has 2 aliphatic carbocycles. The van der Waals surface area contributed by atoms with Crippen molar-refractivity contribution in [2.75, 3.05) is 0 Å². The van der Waals surface area contributed by atoms with Gasteiger partial charge in [-0.05, 0) is 24.7 Å². The van der Waals surface area contributed by atoms with Crippen molar-refractivity contribution in [3.05, 3.63) is 36.1 Å². The summed E-state index contributed by atoms with van der Waals surface area (Å²) in [5.74, 6) is 1.39. The van der Waals surface area contributed by atoms with Gasteiger partial charge in [0.2, 0.25) is 0 Å². The van der Waals surface area contributed by atoms with Crippen molar-refractivity contribution in [2.24, 2.45) is 17.3 Å². The fourth-order valence-corrected chi connectivity index (χ4v) is 3.69. The molecule has 16 heavy (non-hydrogen) atoms. The Morgan fingerprint density at radius 1 is 1.25 bits per heavy atom. The smallest absolute Gasteiger partial charge is 0.0512 e. The molecule has 0 aromatic rings. The zero-order valence-corrected chi connectivity index (χ0v) is 10.2. The second-order valence-electron chi connectivity index (χ2n) is 5.93. The minimum atomic E-state index is 0.392. The third-order valence-corrected chi connectivity index (χ3v) is 4.66. The van der Waals surface area contributed by atoms with Crippen molar-refractivity contribution in [1.82, 2.24) is 5.32 Å². The quantitative estimate of drug-likeness (QED) is 0.653. The number of hydrogen-bond acceptors (Lipinski definition) is 1. The van der Waals surface area contributed by atoms with Crippen molar-refractivity contribution in [1.29, 1.82) is 0 Å². The molecule has 0 spiro atoms. The molecule has 3 unspecified atom stereocenters. The van der Waals surface area contributed by atoms with Crippen LogP contribution in [0.2, 0.25) is 0 Å². The van der Waals surface area contributed by atoms with E-state index in [0.717, 1.165) is 5.92 Å². The molecule has 86 valence electrons. The van der Waals surface area contributed by atoms with Gasteiger partial charge in [0.25, 0.3) is 0 Å². The van der Waals surface area contributed by atoms with Crippen LogP contribution in [0.3, 0.4) is 0 Å². The highest BCUT2D eigenvalue weighted by Gasteiger charge is 2.46. The van der Waals surface area contributed by atoms with E-state index in [1.165, 1.54) is 25.0 Å². The molecule has 1 aliphatic heterocycles. The van der Waals surface area contributed by atoms with E-state index in [1.807, 2.05) is 0 Å². The van der Waals surface area contributed by atoms with E-state index in [-0.39, 0.29) is 0 Å². The third-order valence-electron chi connectivity index (χ3n) is 4.66. The number of fused-ring (bicyclic) bond motifs is 2. The molecule has 1 heterocycles. The Labute approximate surface area is 98.3 Å². The lowest BCUT2D eigenvalue weighted by atomic mass is 9.59. The molecule has 1 N–H and O–H groups in total. The van der Waals surface area contributed by atoms with Crippen molar-refractivity contribution >= 4 is 0 Å². The topological polar surface area (TPSA) is 12.0 Å². The molecule has 3 atom stereocenters. The van der Waals surface area contributed by atoms with Crippen molar-refractivity contribution in [3.8, 4) is 0 Å². The van der Waals surface area contributed by atoms with Gasteiger partial charge >= 0.3 is 0 Å². The zero-order chi connectivity index (χ0) is 11.2. The van der Waals surface area contributed by atoms with Crippen molar-refractivity contribution < 1.29 is 0 Å². The number of piperidine rings is 1. The highest BCUT2D eigenvalue weighted by molar-refractivity contribution is 5.28. The number of hydrogen-bond donors (Lipinski definition) is 1. The predicted molar refractivity (Wildman–Crippen MR) is 67.9 cm³/mol. The summed E-state index contributed by atoms with van der Waals surface area (Å²) < 4.78 is 0. The van der Waals surface area contributed by atoms with E-state index in [2.05, 4.69) is 49.5 Å². The third kappa shape index (κ3) is 1.37. The van der Waals surface area contributed by atoms with Gasteiger partial charge in [0.1, 0.15) is 0 Å². The fourth-order valence-electron chi connectivity index (χ4n) is 3.69. The van der Waals surface area contributed by atoms with E-state index in [4.69, 9.17) is 0 Å². The average molecular weight is 215 g/mol. The Balaban J connectivity index is 1.99. The maximum absolute atomic E-state index is 3.74. The molecule has 1 saturated heterocycles. The van der Waals surface area contributed by atoms with Crippen LogP contribution in [-0.2, 0) is 0 Å². The first-order valence-corrected chi connectivity index (χ1v) is 6.51. The minimum absolute atomic E-state index is 0.392. The van der Waals surface area contributed by atoms with Gasteiger partial charge in [-0.1, -0.05) is 44.2 Å². The zero-order valence-electron chi connectivity index (χ0n) is 10.2. The van der Waals surface area contributed by atoms with Crippen LogP contribution in [-0.4, -0.2) is 6.04 Å². The molecule has 1 nitrogen and oxygen atoms in total. The summed E-state index contributed by atoms with van der Waals surface area (Å²) in [5.41, 5.74) is 1.90. The summed E-state index contributed by atoms with van der Waals surface area (Å²) in [6, 6.07) is 0.514. The molecule has 0 amide bonds. The number of nitrogens with one attached hydrogen (secondary N) is 1. The van der Waals surface area contributed by atoms with Crippen molar-refractivity contribution in [2.45, 2.75) is 39.2 Å². The maximum Gasteiger partial charge on any atom is 0.0512 e. The minimum Gasteiger partial charge on any atom is -0.382 e. The maximum atomic E-state index is 3.74. The van der Waals surface area contributed by atoms with Gasteiger partial charge in [0, 0.05) is 17.5 Å². The van der Waals surface area contributed by atoms with E-state index >= 15 is 0 Å². The summed E-state index contributed by atoms with van der Waals surface area (Å²) in [4.78, 5) is 0. The van der Waals surface area contributed by atoms with Crippen LogP contribution in [0.15, 0.2) is 36.1 Å². The standard InChI is InChI=1S/C15H21N/c1-15(2)11-7-3-5-9-13(11)16-14-10-6-4-8-12(14)15/h3,5,7,9-13,16H,4,6,8H2,1-2H3. The Morgan fingerprint density at radius 2 is 2.06 bits per heavy atom. The average Bonchev–Trinajstić information content (AvgIpc) is 2.29. The fraction of sp³-hybridized carbons (Fsp3) is 0.600. The van der Waals surface area contributed by atoms with Gasteiger partial charge in [-0.2, -0.15) is 0 Å². The molecular formula is C15H21N. The first-order valence-electron chi connectivity index (χ1n) is 6.51. The van der Waals surface area contributed by atoms with Gasteiger partial charge < -0.3 is 5.32 Å². The highest BCUT2D eigenvalue weighted by Crippen LogP contribution is 2.49. The van der Waals surface area contributed by atoms with Gasteiger partial charge in [0.15, 0.2) is 0 Å². The lowest BCUT2D eigenvalue weighted by molar-refractivity contribution is 0.0984. The van der Waals surface area contributed by atoms with Gasteiger partial charge in [0.05, 0.1) is 6.04 Å². The lowest BCUT2D eigenvalue weighted by Gasteiger charge is -2.51. The molecule has 0 saturated carbocycles. The molecule has 3 rings (SSSR count). The molecule has 0 radical (unpaired) electrons. The number of allylic oxidation sites excluding steroid dienone is 4. The normalized spacial score (nSPS) is 39.4. The first kappa shape index (κ1) is 10.2. The Bertz CT molecular complexity index is 369. The summed E-state index contributed by atoms with van der Waals surface area (Å²) in [6.07, 6.45) is 15.5. The van der Waals surface area contributed by atoms with Gasteiger partial charge in [-0.3, -0.25) is 0 Å². The summed E-state index contributed by atoms with van der Waals surface area (Å²) in [5, 5.41) is 3.74. The summed E-state index contributed by atoms with van der Waals surface area (Å²) >= 11 is 0. The van der Waals surface area contributed by atoms with Crippen molar-refractivity contribution in [3.63, 3.8) is 0 Å². The SMILES string of the molecule is CC1(C)C2CCCC=C2NC2C=CC=CC21. The molecule has 0 aromatic carbocycles. The highest BCUT2D eigenvalue weighted by atomic mass is 15.0. The van der Waals surface area contributed by atoms with Gasteiger partial charge in [-0.15, -0.1) is 0 Å². The molecule has 0 aromatic heterocycles. The molecule has 1 fully saturated rings. The largest absolute Gasteiger partial charge is 0.382 e. The van der Waals surface area contributed by atoms with Crippen LogP contribution in [0.1, 0.15) is 33.1 Å². The van der Waals surface area contributed by atoms with Crippen LogP contribution in [0.4, 0.5) is 0 Å². The number of rotatable bonds is 0. The molecule has 0 bridgehead atoms. The predicted octanol–water partition coefficient (Wildman–Crippen LogP) is 3.41. The van der Waals surface area contributed by atoms with E-state index in [9.17, 15) is 0 Å². The second-order valence-corrected chi connectivity index (χ2v) is 5.93. The van der Waals surface area contributed by atoms with Crippen LogP contribution in [0, 0.1) is 17.3 Å². The Hall–Kier alpha value is -0.980. The second kappa shape index (κ2) is 3.51. The van der Waals surface area contributed by atoms with Gasteiger partial charge in [-0.25, -0.2) is 0 Å². The summed E-state index contributed by atoms with van der Waals surface area (Å²) in [7, 11) is 0.